The summed E-state index contributed by atoms with van der Waals surface area (Å²) in [6, 6.07) is 11.0. The first kappa shape index (κ1) is 19.2. The van der Waals surface area contributed by atoms with Gasteiger partial charge in [0.25, 0.3) is 0 Å². The minimum atomic E-state index is -1.04. The lowest BCUT2D eigenvalue weighted by Gasteiger charge is -2.18. The number of carbonyl (C=O) groups excluding carboxylic acids is 2. The van der Waals surface area contributed by atoms with Crippen LogP contribution in [0.1, 0.15) is 16.8 Å². The first-order valence-electron chi connectivity index (χ1n) is 8.59. The highest BCUT2D eigenvalue weighted by atomic mass is 16.5. The fourth-order valence-electron chi connectivity index (χ4n) is 3.07. The zero-order chi connectivity index (χ0) is 20.3. The molecule has 0 saturated carbocycles. The Morgan fingerprint density at radius 1 is 1.07 bits per heavy atom. The lowest BCUT2D eigenvalue weighted by molar-refractivity contribution is -0.122. The lowest BCUT2D eigenvalue weighted by atomic mass is 10.1. The van der Waals surface area contributed by atoms with Gasteiger partial charge in [0, 0.05) is 30.4 Å². The van der Waals surface area contributed by atoms with E-state index in [0.29, 0.717) is 22.9 Å². The molecule has 146 valence electrons. The van der Waals surface area contributed by atoms with Crippen molar-refractivity contribution in [1.29, 1.82) is 0 Å². The summed E-state index contributed by atoms with van der Waals surface area (Å²) in [7, 11) is 3.04. The monoisotopic (exact) mass is 384 g/mol. The van der Waals surface area contributed by atoms with Gasteiger partial charge in [-0.2, -0.15) is 0 Å². The van der Waals surface area contributed by atoms with Crippen LogP contribution in [0.25, 0.3) is 0 Å². The van der Waals surface area contributed by atoms with E-state index in [1.165, 1.54) is 38.5 Å². The summed E-state index contributed by atoms with van der Waals surface area (Å²) in [6.45, 7) is 0.243. The molecule has 0 radical (unpaired) electrons. The number of rotatable bonds is 6. The van der Waals surface area contributed by atoms with E-state index in [1.54, 1.807) is 23.1 Å². The second-order valence-corrected chi connectivity index (χ2v) is 6.32. The molecule has 8 heteroatoms. The first-order valence-corrected chi connectivity index (χ1v) is 8.59. The summed E-state index contributed by atoms with van der Waals surface area (Å²) in [5.41, 5.74) is 1.24. The van der Waals surface area contributed by atoms with Gasteiger partial charge in [0.05, 0.1) is 25.7 Å². The maximum atomic E-state index is 12.5. The number of nitrogens with one attached hydrogen (secondary N) is 1. The minimum Gasteiger partial charge on any atom is -0.493 e. The predicted octanol–water partition coefficient (Wildman–Crippen LogP) is 2.39. The van der Waals surface area contributed by atoms with Crippen LogP contribution in [0.3, 0.4) is 0 Å². The molecule has 0 aliphatic carbocycles. The third-order valence-corrected chi connectivity index (χ3v) is 4.57. The molecule has 28 heavy (non-hydrogen) atoms. The molecule has 1 aliphatic rings. The van der Waals surface area contributed by atoms with Crippen LogP contribution in [0, 0.1) is 5.92 Å². The van der Waals surface area contributed by atoms with Gasteiger partial charge in [-0.15, -0.1) is 0 Å². The van der Waals surface area contributed by atoms with Crippen LogP contribution in [0.4, 0.5) is 11.4 Å². The second-order valence-electron chi connectivity index (χ2n) is 6.32. The second kappa shape index (κ2) is 7.99. The number of carbonyl (C=O) groups is 3. The van der Waals surface area contributed by atoms with Crippen molar-refractivity contribution in [3.63, 3.8) is 0 Å². The molecule has 3 rings (SSSR count). The first-order chi connectivity index (χ1) is 13.4. The van der Waals surface area contributed by atoms with Gasteiger partial charge in [0.15, 0.2) is 11.5 Å². The predicted molar refractivity (Wildman–Crippen MR) is 102 cm³/mol. The number of carboxylic acid groups (broad SMARTS) is 1. The van der Waals surface area contributed by atoms with Crippen molar-refractivity contribution in [2.24, 2.45) is 5.92 Å². The van der Waals surface area contributed by atoms with Crippen molar-refractivity contribution in [2.75, 3.05) is 31.0 Å². The lowest BCUT2D eigenvalue weighted by Crippen LogP contribution is -2.28. The van der Waals surface area contributed by atoms with E-state index < -0.39 is 11.9 Å². The van der Waals surface area contributed by atoms with Gasteiger partial charge in [-0.25, -0.2) is 4.79 Å². The molecule has 1 saturated heterocycles. The van der Waals surface area contributed by atoms with Gasteiger partial charge in [-0.1, -0.05) is 0 Å². The van der Waals surface area contributed by atoms with Crippen molar-refractivity contribution in [3.05, 3.63) is 48.0 Å². The van der Waals surface area contributed by atoms with Crippen molar-refractivity contribution < 1.29 is 29.0 Å². The van der Waals surface area contributed by atoms with Crippen LogP contribution < -0.4 is 19.7 Å². The van der Waals surface area contributed by atoms with Gasteiger partial charge >= 0.3 is 5.97 Å². The standard InChI is InChI=1S/C20H20N2O6/c1-27-16-8-7-15(10-17(16)28-2)22-11-13(9-18(22)23)19(24)21-14-5-3-12(4-6-14)20(25)26/h3-8,10,13H,9,11H2,1-2H3,(H,21,24)(H,25,26). The number of amides is 2. The molecule has 0 aromatic heterocycles. The number of benzene rings is 2. The molecule has 0 bridgehead atoms. The zero-order valence-corrected chi connectivity index (χ0v) is 15.5. The van der Waals surface area contributed by atoms with E-state index in [-0.39, 0.29) is 30.3 Å². The molecular formula is C20H20N2O6. The molecule has 1 atom stereocenters. The molecule has 0 spiro atoms. The van der Waals surface area contributed by atoms with E-state index >= 15 is 0 Å². The van der Waals surface area contributed by atoms with Gasteiger partial charge in [-0.05, 0) is 36.4 Å². The van der Waals surface area contributed by atoms with E-state index in [2.05, 4.69) is 5.32 Å². The largest absolute Gasteiger partial charge is 0.493 e. The zero-order valence-electron chi connectivity index (χ0n) is 15.5. The van der Waals surface area contributed by atoms with Gasteiger partial charge in [-0.3, -0.25) is 9.59 Å². The molecule has 1 aliphatic heterocycles. The average Bonchev–Trinajstić information content (AvgIpc) is 3.09. The molecule has 2 N–H and O–H groups in total. The van der Waals surface area contributed by atoms with E-state index in [0.717, 1.165) is 0 Å². The Morgan fingerprint density at radius 3 is 2.36 bits per heavy atom. The van der Waals surface area contributed by atoms with Crippen molar-refractivity contribution >= 4 is 29.2 Å². The Kier molecular flexibility index (Phi) is 5.49. The molecule has 1 unspecified atom stereocenters. The fourth-order valence-corrected chi connectivity index (χ4v) is 3.07. The Labute approximate surface area is 161 Å². The highest BCUT2D eigenvalue weighted by Gasteiger charge is 2.35. The minimum absolute atomic E-state index is 0.0907. The summed E-state index contributed by atoms with van der Waals surface area (Å²) >= 11 is 0. The number of methoxy groups -OCH3 is 2. The fraction of sp³-hybridized carbons (Fsp3) is 0.250. The number of anilines is 2. The van der Waals surface area contributed by atoms with Crippen LogP contribution in [-0.2, 0) is 9.59 Å². The SMILES string of the molecule is COc1ccc(N2CC(C(=O)Nc3ccc(C(=O)O)cc3)CC2=O)cc1OC. The molecule has 1 fully saturated rings. The van der Waals surface area contributed by atoms with Crippen LogP contribution >= 0.6 is 0 Å². The topological polar surface area (TPSA) is 105 Å². The van der Waals surface area contributed by atoms with Crippen LogP contribution in [0.2, 0.25) is 0 Å². The Morgan fingerprint density at radius 2 is 1.75 bits per heavy atom. The molecule has 8 nitrogen and oxygen atoms in total. The summed E-state index contributed by atoms with van der Waals surface area (Å²) in [5.74, 6) is -0.950. The molecule has 1 heterocycles. The van der Waals surface area contributed by atoms with E-state index in [9.17, 15) is 14.4 Å². The van der Waals surface area contributed by atoms with Crippen molar-refractivity contribution in [2.45, 2.75) is 6.42 Å². The highest BCUT2D eigenvalue weighted by molar-refractivity contribution is 6.03. The summed E-state index contributed by atoms with van der Waals surface area (Å²) < 4.78 is 10.5. The number of nitrogens with zero attached hydrogens (tertiary/aromatic N) is 1. The highest BCUT2D eigenvalue weighted by Crippen LogP contribution is 2.34. The molecular weight excluding hydrogens is 364 g/mol. The van der Waals surface area contributed by atoms with Gasteiger partial charge in [0.1, 0.15) is 0 Å². The van der Waals surface area contributed by atoms with Crippen LogP contribution in [0.5, 0.6) is 11.5 Å². The van der Waals surface area contributed by atoms with Crippen molar-refractivity contribution in [3.8, 4) is 11.5 Å². The maximum absolute atomic E-state index is 12.5. The number of ether oxygens (including phenoxy) is 2. The third-order valence-electron chi connectivity index (χ3n) is 4.57. The third kappa shape index (κ3) is 3.90. The summed E-state index contributed by atoms with van der Waals surface area (Å²) in [5, 5.41) is 11.6. The summed E-state index contributed by atoms with van der Waals surface area (Å²) in [6.07, 6.45) is 0.0907. The number of aromatic carboxylic acids is 1. The normalized spacial score (nSPS) is 16.0. The molecule has 2 amide bonds. The van der Waals surface area contributed by atoms with E-state index in [4.69, 9.17) is 14.6 Å². The average molecular weight is 384 g/mol. The van der Waals surface area contributed by atoms with Crippen molar-refractivity contribution in [1.82, 2.24) is 0 Å². The van der Waals surface area contributed by atoms with E-state index in [1.807, 2.05) is 0 Å². The summed E-state index contributed by atoms with van der Waals surface area (Å²) in [4.78, 5) is 37.4. The van der Waals surface area contributed by atoms with Gasteiger partial charge in [0.2, 0.25) is 11.8 Å². The Balaban J connectivity index is 1.70. The Bertz CT molecular complexity index is 909. The van der Waals surface area contributed by atoms with Crippen LogP contribution in [-0.4, -0.2) is 43.7 Å². The quantitative estimate of drug-likeness (QED) is 0.792. The molecule has 2 aromatic rings. The smallest absolute Gasteiger partial charge is 0.335 e. The number of hydrogen-bond acceptors (Lipinski definition) is 5. The number of hydrogen-bond donors (Lipinski definition) is 2. The van der Waals surface area contributed by atoms with Crippen LogP contribution in [0.15, 0.2) is 42.5 Å². The number of carboxylic acids is 1. The maximum Gasteiger partial charge on any atom is 0.335 e. The Hall–Kier alpha value is -3.55. The molecule has 2 aromatic carbocycles. The van der Waals surface area contributed by atoms with Gasteiger partial charge < -0.3 is 24.8 Å².